The first-order valence-electron chi connectivity index (χ1n) is 20.3. The summed E-state index contributed by atoms with van der Waals surface area (Å²) in [7, 11) is 5.34. The van der Waals surface area contributed by atoms with Crippen molar-refractivity contribution in [3.8, 4) is 46.3 Å². The number of nitrogens with one attached hydrogen (secondary N) is 1. The number of ether oxygens (including phenoxy) is 8. The molecule has 10 rings (SSSR count). The summed E-state index contributed by atoms with van der Waals surface area (Å²) in [6.45, 7) is 10.4. The Kier molecular flexibility index (Phi) is 10.1. The Morgan fingerprint density at radius 3 is 2.47 bits per heavy atom. The van der Waals surface area contributed by atoms with E-state index in [0.717, 1.165) is 33.4 Å². The van der Waals surface area contributed by atoms with Crippen LogP contribution in [0.5, 0.6) is 40.2 Å². The predicted molar refractivity (Wildman–Crippen MR) is 217 cm³/mol. The molecule has 0 saturated carbocycles. The first kappa shape index (κ1) is 39.6. The number of hydrogen-bond acceptors (Lipinski definition) is 15. The number of hydrogen-bond donors (Lipinski definition) is 1. The van der Waals surface area contributed by atoms with Crippen LogP contribution in [-0.2, 0) is 32.7 Å². The van der Waals surface area contributed by atoms with Crippen molar-refractivity contribution in [1.29, 1.82) is 5.26 Å². The lowest BCUT2D eigenvalue weighted by Gasteiger charge is -2.62. The van der Waals surface area contributed by atoms with Crippen LogP contribution >= 0.6 is 11.8 Å². The van der Waals surface area contributed by atoms with Crippen LogP contribution < -0.4 is 38.5 Å². The second kappa shape index (κ2) is 15.0. The number of aryl methyl sites for hydroxylation is 1. The van der Waals surface area contributed by atoms with E-state index in [9.17, 15) is 14.9 Å². The summed E-state index contributed by atoms with van der Waals surface area (Å²) in [5.74, 6) is 3.16. The van der Waals surface area contributed by atoms with Gasteiger partial charge in [-0.15, -0.1) is 11.8 Å². The van der Waals surface area contributed by atoms with E-state index in [1.165, 1.54) is 6.92 Å². The average Bonchev–Trinajstić information content (AvgIpc) is 3.71. The maximum Gasteiger partial charge on any atom is 0.331 e. The highest BCUT2D eigenvalue weighted by molar-refractivity contribution is 7.99. The number of likely N-dealkylation sites (N-methyl/N-ethyl adjacent to an activating group) is 1. The van der Waals surface area contributed by atoms with Crippen LogP contribution in [-0.4, -0.2) is 100 Å². The zero-order valence-corrected chi connectivity index (χ0v) is 35.5. The quantitative estimate of drug-likeness (QED) is 0.240. The number of benzene rings is 3. The normalized spacial score (nSPS) is 27.7. The van der Waals surface area contributed by atoms with Gasteiger partial charge in [0.05, 0.1) is 50.8 Å². The van der Waals surface area contributed by atoms with Crippen molar-refractivity contribution in [1.82, 2.24) is 15.1 Å². The van der Waals surface area contributed by atoms with Gasteiger partial charge in [-0.05, 0) is 82.0 Å². The summed E-state index contributed by atoms with van der Waals surface area (Å²) in [6.07, 6.45) is 1.26. The molecule has 2 fully saturated rings. The van der Waals surface area contributed by atoms with Gasteiger partial charge >= 0.3 is 11.9 Å². The zero-order chi connectivity index (χ0) is 41.5. The van der Waals surface area contributed by atoms with Gasteiger partial charge in [-0.3, -0.25) is 19.9 Å². The van der Waals surface area contributed by atoms with Crippen LogP contribution in [0.2, 0.25) is 0 Å². The Hall–Kier alpha value is -4.88. The van der Waals surface area contributed by atoms with Crippen molar-refractivity contribution in [2.75, 3.05) is 60.2 Å². The Balaban J connectivity index is 1.33. The topological polar surface area (TPSA) is 150 Å². The number of nitrogens with zero attached hydrogens (tertiary/aromatic N) is 3. The van der Waals surface area contributed by atoms with E-state index in [-0.39, 0.29) is 31.2 Å². The van der Waals surface area contributed by atoms with E-state index in [2.05, 4.69) is 34.3 Å². The fourth-order valence-corrected chi connectivity index (χ4v) is 12.4. The molecule has 59 heavy (non-hydrogen) atoms. The second-order valence-corrected chi connectivity index (χ2v) is 17.0. The van der Waals surface area contributed by atoms with Crippen LogP contribution in [0.3, 0.4) is 0 Å². The summed E-state index contributed by atoms with van der Waals surface area (Å²) >= 11 is 1.58. The van der Waals surface area contributed by atoms with Gasteiger partial charge in [0.25, 0.3) is 0 Å². The first-order chi connectivity index (χ1) is 28.5. The first-order valence-corrected chi connectivity index (χ1v) is 21.3. The van der Waals surface area contributed by atoms with Gasteiger partial charge in [0, 0.05) is 53.6 Å². The standard InChI is InChI=1S/C44H50N4O10S/c1-9-53-31-15-24-11-12-46-44(26(24)16-30(31)51-7)19-59-42-34-33(41-39(56-20-57-41)22(4)38(34)58-23(5)49)29(18-55-43(44)50)48-28(17-45)27-14-25-13-21(3)37(52-8)40(54-10-2)32(25)35(36(42)48)47(27)6/h13,15-16,27-29,35-36,42,46H,9-12,14,18-20H2,1-8H3/t27-,28+,29+,35+,36?,42-,44-/m1/s1. The van der Waals surface area contributed by atoms with Crippen molar-refractivity contribution >= 4 is 23.7 Å². The van der Waals surface area contributed by atoms with Crippen molar-refractivity contribution in [2.24, 2.45) is 0 Å². The third-order valence-electron chi connectivity index (χ3n) is 13.0. The molecule has 7 aliphatic rings. The molecule has 0 amide bonds. The number of piperazine rings is 1. The molecule has 1 spiro atoms. The molecule has 3 aromatic carbocycles. The summed E-state index contributed by atoms with van der Waals surface area (Å²) in [5, 5.41) is 14.4. The minimum absolute atomic E-state index is 0.0326. The largest absolute Gasteiger partial charge is 0.493 e. The van der Waals surface area contributed by atoms with E-state index in [0.29, 0.717) is 84.0 Å². The Morgan fingerprint density at radius 1 is 0.983 bits per heavy atom. The van der Waals surface area contributed by atoms with Gasteiger partial charge in [0.2, 0.25) is 6.79 Å². The number of thioether (sulfide) groups is 1. The monoisotopic (exact) mass is 826 g/mol. The number of carbonyl (C=O) groups is 2. The van der Waals surface area contributed by atoms with Gasteiger partial charge in [-0.1, -0.05) is 6.07 Å². The molecule has 2 saturated heterocycles. The lowest BCUT2D eigenvalue weighted by Crippen LogP contribution is -2.69. The molecular weight excluding hydrogens is 777 g/mol. The molecule has 15 heteroatoms. The Labute approximate surface area is 348 Å². The third kappa shape index (κ3) is 5.77. The predicted octanol–water partition coefficient (Wildman–Crippen LogP) is 5.37. The van der Waals surface area contributed by atoms with Crippen molar-refractivity contribution < 1.29 is 47.5 Å². The lowest BCUT2D eigenvalue weighted by molar-refractivity contribution is -0.157. The van der Waals surface area contributed by atoms with E-state index in [4.69, 9.17) is 37.9 Å². The minimum atomic E-state index is -1.29. The van der Waals surface area contributed by atoms with Crippen LogP contribution in [0.15, 0.2) is 18.2 Å². The Morgan fingerprint density at radius 2 is 1.76 bits per heavy atom. The zero-order valence-electron chi connectivity index (χ0n) is 34.7. The lowest BCUT2D eigenvalue weighted by atomic mass is 9.71. The highest BCUT2D eigenvalue weighted by Crippen LogP contribution is 2.64. The molecule has 3 aromatic rings. The maximum atomic E-state index is 15.0. The number of carbonyl (C=O) groups excluding carboxylic acids is 2. The third-order valence-corrected chi connectivity index (χ3v) is 14.5. The molecule has 0 aliphatic carbocycles. The van der Waals surface area contributed by atoms with Gasteiger partial charge in [-0.2, -0.15) is 5.26 Å². The van der Waals surface area contributed by atoms with E-state index >= 15 is 0 Å². The number of fused-ring (bicyclic) bond motifs is 9. The molecule has 7 aliphatic heterocycles. The number of nitriles is 1. The molecular formula is C44H50N4O10S. The fourth-order valence-electron chi connectivity index (χ4n) is 10.7. The van der Waals surface area contributed by atoms with Crippen LogP contribution in [0.1, 0.15) is 82.6 Å². The molecule has 0 aromatic heterocycles. The highest BCUT2D eigenvalue weighted by atomic mass is 32.2. The molecule has 7 heterocycles. The molecule has 7 atom stereocenters. The van der Waals surface area contributed by atoms with Crippen LogP contribution in [0.25, 0.3) is 0 Å². The number of esters is 2. The smallest absolute Gasteiger partial charge is 0.331 e. The average molecular weight is 827 g/mol. The molecule has 312 valence electrons. The van der Waals surface area contributed by atoms with Crippen LogP contribution in [0, 0.1) is 25.2 Å². The number of methoxy groups -OCH3 is 2. The van der Waals surface area contributed by atoms with Crippen molar-refractivity contribution in [3.63, 3.8) is 0 Å². The maximum absolute atomic E-state index is 15.0. The molecule has 1 unspecified atom stereocenters. The van der Waals surface area contributed by atoms with E-state index < -0.39 is 40.9 Å². The Bertz CT molecular complexity index is 2300. The van der Waals surface area contributed by atoms with E-state index in [1.807, 2.05) is 39.8 Å². The summed E-state index contributed by atoms with van der Waals surface area (Å²) in [5.41, 5.74) is 5.58. The summed E-state index contributed by atoms with van der Waals surface area (Å²) in [4.78, 5) is 32.6. The molecule has 0 radical (unpaired) electrons. The van der Waals surface area contributed by atoms with Gasteiger partial charge in [0.15, 0.2) is 40.0 Å². The fraction of sp³-hybridized carbons (Fsp3) is 0.523. The molecule has 14 nitrogen and oxygen atoms in total. The number of rotatable bonds is 7. The van der Waals surface area contributed by atoms with Gasteiger partial charge in [0.1, 0.15) is 18.4 Å². The second-order valence-electron chi connectivity index (χ2n) is 15.9. The highest BCUT2D eigenvalue weighted by Gasteiger charge is 2.62. The van der Waals surface area contributed by atoms with Gasteiger partial charge in [-0.25, -0.2) is 4.79 Å². The van der Waals surface area contributed by atoms with Gasteiger partial charge < -0.3 is 37.9 Å². The summed E-state index contributed by atoms with van der Waals surface area (Å²) < 4.78 is 49.6. The molecule has 4 bridgehead atoms. The minimum Gasteiger partial charge on any atom is -0.493 e. The molecule has 1 N–H and O–H groups in total. The van der Waals surface area contributed by atoms with Crippen molar-refractivity contribution in [2.45, 2.75) is 88.5 Å². The SMILES string of the molecule is CCOc1cc2c(cc1OC)[C@@]1(CS[C@@H]3c4c(OC(C)=O)c(C)c5c(c4[C@H](COC1=O)N1C3[C@@H]3c4c(cc(C)c(OC)c4OCC)C[C@H]([C@@H]1C#N)N3C)OCO5)NCC2. The van der Waals surface area contributed by atoms with Crippen LogP contribution in [0.4, 0.5) is 0 Å². The van der Waals surface area contributed by atoms with Crippen molar-refractivity contribution in [3.05, 3.63) is 62.7 Å². The van der Waals surface area contributed by atoms with E-state index in [1.54, 1.807) is 26.0 Å². The summed E-state index contributed by atoms with van der Waals surface area (Å²) in [6, 6.07) is 6.44.